The van der Waals surface area contributed by atoms with Crippen molar-refractivity contribution in [3.8, 4) is 0 Å². The minimum Gasteiger partial charge on any atom is -0.356 e. The number of hydrogen-bond donors (Lipinski definition) is 1. The predicted octanol–water partition coefficient (Wildman–Crippen LogP) is 2.94. The van der Waals surface area contributed by atoms with E-state index in [1.54, 1.807) is 13.0 Å². The molecule has 0 radical (unpaired) electrons. The minimum absolute atomic E-state index is 0.0190. The Bertz CT molecular complexity index is 573. The highest BCUT2D eigenvalue weighted by Gasteiger charge is 2.21. The summed E-state index contributed by atoms with van der Waals surface area (Å²) in [5.41, 5.74) is 2.43. The molecule has 0 saturated carbocycles. The monoisotopic (exact) mass is 328 g/mol. The van der Waals surface area contributed by atoms with E-state index in [2.05, 4.69) is 17.4 Å². The van der Waals surface area contributed by atoms with E-state index in [4.69, 9.17) is 0 Å². The molecule has 1 N–H and O–H groups in total. The summed E-state index contributed by atoms with van der Waals surface area (Å²) in [6, 6.07) is 10.4. The Morgan fingerprint density at radius 3 is 2.46 bits per heavy atom. The van der Waals surface area contributed by atoms with Gasteiger partial charge in [0.1, 0.15) is 0 Å². The number of nitrogens with one attached hydrogen (secondary N) is 1. The van der Waals surface area contributed by atoms with Crippen LogP contribution < -0.4 is 5.32 Å². The molecular formula is C20H28N2O2. The number of piperidine rings is 1. The van der Waals surface area contributed by atoms with Gasteiger partial charge in [0.15, 0.2) is 0 Å². The van der Waals surface area contributed by atoms with E-state index >= 15 is 0 Å². The third-order valence-electron chi connectivity index (χ3n) is 4.59. The van der Waals surface area contributed by atoms with Gasteiger partial charge in [0, 0.05) is 32.6 Å². The Labute approximate surface area is 144 Å². The lowest BCUT2D eigenvalue weighted by Gasteiger charge is -2.31. The zero-order chi connectivity index (χ0) is 17.4. The smallest absolute Gasteiger partial charge is 0.246 e. The third-order valence-corrected chi connectivity index (χ3v) is 4.59. The van der Waals surface area contributed by atoms with Gasteiger partial charge < -0.3 is 10.2 Å². The van der Waals surface area contributed by atoms with Crippen LogP contribution in [0.3, 0.4) is 0 Å². The molecule has 130 valence electrons. The van der Waals surface area contributed by atoms with Gasteiger partial charge in [-0.25, -0.2) is 0 Å². The Morgan fingerprint density at radius 1 is 1.17 bits per heavy atom. The van der Waals surface area contributed by atoms with Gasteiger partial charge in [0.05, 0.1) is 0 Å². The summed E-state index contributed by atoms with van der Waals surface area (Å²) in [6.45, 7) is 5.87. The molecular weight excluding hydrogens is 300 g/mol. The second-order valence-electron chi connectivity index (χ2n) is 6.68. The van der Waals surface area contributed by atoms with Crippen molar-refractivity contribution < 1.29 is 9.59 Å². The van der Waals surface area contributed by atoms with Gasteiger partial charge in [-0.2, -0.15) is 0 Å². The van der Waals surface area contributed by atoms with E-state index in [0.29, 0.717) is 5.92 Å². The standard InChI is InChI=1S/C20H28N2O2/c1-16(8-9-18-6-4-3-5-7-18)14-20(24)22-12-10-19(11-13-22)15-21-17(2)23/h3-7,14,19H,8-13,15H2,1-2H3,(H,21,23)/b16-14+. The second kappa shape index (κ2) is 9.26. The van der Waals surface area contributed by atoms with Gasteiger partial charge in [0.25, 0.3) is 0 Å². The summed E-state index contributed by atoms with van der Waals surface area (Å²) in [5, 5.41) is 2.87. The lowest BCUT2D eigenvalue weighted by Crippen LogP contribution is -2.40. The van der Waals surface area contributed by atoms with Gasteiger partial charge in [-0.1, -0.05) is 35.9 Å². The number of carbonyl (C=O) groups is 2. The molecule has 2 amide bonds. The molecule has 24 heavy (non-hydrogen) atoms. The zero-order valence-corrected chi connectivity index (χ0v) is 14.8. The highest BCUT2D eigenvalue weighted by molar-refractivity contribution is 5.88. The van der Waals surface area contributed by atoms with Crippen LogP contribution in [0.25, 0.3) is 0 Å². The van der Waals surface area contributed by atoms with Crippen molar-refractivity contribution in [2.24, 2.45) is 5.92 Å². The molecule has 4 nitrogen and oxygen atoms in total. The molecule has 1 heterocycles. The summed E-state index contributed by atoms with van der Waals surface area (Å²) in [5.74, 6) is 0.630. The molecule has 0 aromatic heterocycles. The third kappa shape index (κ3) is 6.19. The van der Waals surface area contributed by atoms with Crippen molar-refractivity contribution in [1.82, 2.24) is 10.2 Å². The fraction of sp³-hybridized carbons (Fsp3) is 0.500. The largest absolute Gasteiger partial charge is 0.356 e. The summed E-state index contributed by atoms with van der Waals surface area (Å²) in [7, 11) is 0. The zero-order valence-electron chi connectivity index (χ0n) is 14.8. The van der Waals surface area contributed by atoms with E-state index in [9.17, 15) is 9.59 Å². The molecule has 1 aromatic rings. The van der Waals surface area contributed by atoms with Crippen molar-refractivity contribution in [1.29, 1.82) is 0 Å². The molecule has 1 aromatic carbocycles. The number of rotatable bonds is 6. The van der Waals surface area contributed by atoms with Crippen LogP contribution in [0.4, 0.5) is 0 Å². The van der Waals surface area contributed by atoms with Crippen LogP contribution in [0.2, 0.25) is 0 Å². The maximum Gasteiger partial charge on any atom is 0.246 e. The van der Waals surface area contributed by atoms with Crippen LogP contribution in [-0.4, -0.2) is 36.3 Å². The first-order valence-electron chi connectivity index (χ1n) is 8.79. The molecule has 1 saturated heterocycles. The van der Waals surface area contributed by atoms with Gasteiger partial charge in [0.2, 0.25) is 11.8 Å². The van der Waals surface area contributed by atoms with Gasteiger partial charge >= 0.3 is 0 Å². The number of hydrogen-bond acceptors (Lipinski definition) is 2. The van der Waals surface area contributed by atoms with Crippen LogP contribution in [0, 0.1) is 5.92 Å². The Kier molecular flexibility index (Phi) is 7.04. The molecule has 0 bridgehead atoms. The SMILES string of the molecule is CC(=O)NCC1CCN(C(=O)/C=C(\C)CCc2ccccc2)CC1. The molecule has 1 aliphatic heterocycles. The summed E-state index contributed by atoms with van der Waals surface area (Å²) >= 11 is 0. The fourth-order valence-corrected chi connectivity index (χ4v) is 3.01. The molecule has 0 spiro atoms. The quantitative estimate of drug-likeness (QED) is 0.816. The molecule has 4 heteroatoms. The van der Waals surface area contributed by atoms with Gasteiger partial charge in [-0.3, -0.25) is 9.59 Å². The highest BCUT2D eigenvalue weighted by Crippen LogP contribution is 2.17. The number of amides is 2. The van der Waals surface area contributed by atoms with Crippen LogP contribution >= 0.6 is 0 Å². The molecule has 0 aliphatic carbocycles. The van der Waals surface area contributed by atoms with Crippen LogP contribution in [-0.2, 0) is 16.0 Å². The van der Waals surface area contributed by atoms with E-state index in [-0.39, 0.29) is 11.8 Å². The molecule has 1 fully saturated rings. The molecule has 1 aliphatic rings. The lowest BCUT2D eigenvalue weighted by molar-refractivity contribution is -0.127. The van der Waals surface area contributed by atoms with E-state index < -0.39 is 0 Å². The molecule has 0 unspecified atom stereocenters. The van der Waals surface area contributed by atoms with Crippen molar-refractivity contribution in [2.75, 3.05) is 19.6 Å². The number of allylic oxidation sites excluding steroid dienone is 1. The summed E-state index contributed by atoms with van der Waals surface area (Å²) in [4.78, 5) is 25.3. The Morgan fingerprint density at radius 2 is 1.83 bits per heavy atom. The van der Waals surface area contributed by atoms with Gasteiger partial charge in [-0.15, -0.1) is 0 Å². The maximum absolute atomic E-state index is 12.4. The number of nitrogens with zero attached hydrogens (tertiary/aromatic N) is 1. The first kappa shape index (κ1) is 18.2. The normalized spacial score (nSPS) is 16.1. The van der Waals surface area contributed by atoms with Crippen molar-refractivity contribution in [2.45, 2.75) is 39.5 Å². The number of carbonyl (C=O) groups excluding carboxylic acids is 2. The highest BCUT2D eigenvalue weighted by atomic mass is 16.2. The fourth-order valence-electron chi connectivity index (χ4n) is 3.01. The number of aryl methyl sites for hydroxylation is 1. The predicted molar refractivity (Wildman–Crippen MR) is 96.5 cm³/mol. The average Bonchev–Trinajstić information content (AvgIpc) is 2.59. The molecule has 2 rings (SSSR count). The summed E-state index contributed by atoms with van der Waals surface area (Å²) < 4.78 is 0. The van der Waals surface area contributed by atoms with Crippen molar-refractivity contribution in [3.63, 3.8) is 0 Å². The first-order chi connectivity index (χ1) is 11.5. The number of benzene rings is 1. The topological polar surface area (TPSA) is 49.4 Å². The molecule has 0 atom stereocenters. The van der Waals surface area contributed by atoms with Crippen molar-refractivity contribution >= 4 is 11.8 Å². The Balaban J connectivity index is 1.74. The van der Waals surface area contributed by atoms with Gasteiger partial charge in [-0.05, 0) is 44.1 Å². The summed E-state index contributed by atoms with van der Waals surface area (Å²) in [6.07, 6.45) is 5.59. The van der Waals surface area contributed by atoms with Crippen LogP contribution in [0.1, 0.15) is 38.7 Å². The van der Waals surface area contributed by atoms with E-state index in [0.717, 1.165) is 50.9 Å². The first-order valence-corrected chi connectivity index (χ1v) is 8.79. The van der Waals surface area contributed by atoms with Crippen molar-refractivity contribution in [3.05, 3.63) is 47.5 Å². The number of likely N-dealkylation sites (tertiary alicyclic amines) is 1. The Hall–Kier alpha value is -2.10. The van der Waals surface area contributed by atoms with Crippen LogP contribution in [0.15, 0.2) is 42.0 Å². The average molecular weight is 328 g/mol. The lowest BCUT2D eigenvalue weighted by atomic mass is 9.96. The second-order valence-corrected chi connectivity index (χ2v) is 6.68. The van der Waals surface area contributed by atoms with E-state index in [1.807, 2.05) is 30.0 Å². The van der Waals surface area contributed by atoms with E-state index in [1.165, 1.54) is 5.56 Å². The maximum atomic E-state index is 12.4. The van der Waals surface area contributed by atoms with Crippen LogP contribution in [0.5, 0.6) is 0 Å². The minimum atomic E-state index is 0.0190.